The van der Waals surface area contributed by atoms with Crippen molar-refractivity contribution in [3.63, 3.8) is 0 Å². The standard InChI is InChI=1S/C20H22BrClN2O/c1-15(12-16-4-3-5-17(22)13-16)23-8-10-24(11-9-23)18-6-7-19(21)20(14-18)25-2/h3-7,12-14H,8-11H2,1-2H3. The number of piperazine rings is 1. The van der Waals surface area contributed by atoms with Gasteiger partial charge in [0, 0.05) is 48.7 Å². The van der Waals surface area contributed by atoms with E-state index in [0.717, 1.165) is 47.0 Å². The first-order valence-electron chi connectivity index (χ1n) is 8.34. The molecule has 3 nitrogen and oxygen atoms in total. The van der Waals surface area contributed by atoms with E-state index in [4.69, 9.17) is 16.3 Å². The van der Waals surface area contributed by atoms with Crippen molar-refractivity contribution in [2.45, 2.75) is 6.92 Å². The predicted molar refractivity (Wildman–Crippen MR) is 110 cm³/mol. The smallest absolute Gasteiger partial charge is 0.135 e. The van der Waals surface area contributed by atoms with E-state index in [1.807, 2.05) is 24.3 Å². The second-order valence-corrected chi connectivity index (χ2v) is 7.42. The average Bonchev–Trinajstić information content (AvgIpc) is 2.62. The number of rotatable bonds is 4. The molecule has 0 bridgehead atoms. The number of nitrogens with zero attached hydrogens (tertiary/aromatic N) is 2. The number of anilines is 1. The molecule has 0 unspecified atom stereocenters. The summed E-state index contributed by atoms with van der Waals surface area (Å²) in [5, 5.41) is 0.774. The summed E-state index contributed by atoms with van der Waals surface area (Å²) in [6.07, 6.45) is 2.20. The van der Waals surface area contributed by atoms with Crippen molar-refractivity contribution in [2.24, 2.45) is 0 Å². The molecule has 1 aliphatic heterocycles. The summed E-state index contributed by atoms with van der Waals surface area (Å²) in [7, 11) is 1.70. The second-order valence-electron chi connectivity index (χ2n) is 6.13. The lowest BCUT2D eigenvalue weighted by Gasteiger charge is -2.38. The molecule has 0 spiro atoms. The van der Waals surface area contributed by atoms with Crippen LogP contribution in [0, 0.1) is 0 Å². The van der Waals surface area contributed by atoms with Gasteiger partial charge in [-0.2, -0.15) is 0 Å². The fourth-order valence-corrected chi connectivity index (χ4v) is 3.70. The third kappa shape index (κ3) is 4.50. The second kappa shape index (κ2) is 8.15. The molecule has 132 valence electrons. The maximum atomic E-state index is 6.07. The molecule has 5 heteroatoms. The first-order chi connectivity index (χ1) is 12.1. The van der Waals surface area contributed by atoms with Crippen molar-refractivity contribution in [3.8, 4) is 5.75 Å². The minimum Gasteiger partial charge on any atom is -0.495 e. The van der Waals surface area contributed by atoms with Crippen molar-refractivity contribution < 1.29 is 4.74 Å². The summed E-state index contributed by atoms with van der Waals surface area (Å²) in [5.41, 5.74) is 3.62. The van der Waals surface area contributed by atoms with Crippen LogP contribution in [0.2, 0.25) is 5.02 Å². The molecule has 0 atom stereocenters. The molecular formula is C20H22BrClN2O. The molecule has 25 heavy (non-hydrogen) atoms. The zero-order valence-corrected chi connectivity index (χ0v) is 16.8. The number of allylic oxidation sites excluding steroid dienone is 1. The maximum Gasteiger partial charge on any atom is 0.135 e. The highest BCUT2D eigenvalue weighted by atomic mass is 79.9. The van der Waals surface area contributed by atoms with E-state index in [1.54, 1.807) is 7.11 Å². The van der Waals surface area contributed by atoms with E-state index in [1.165, 1.54) is 11.4 Å². The Kier molecular flexibility index (Phi) is 5.92. The Bertz CT molecular complexity index is 770. The lowest BCUT2D eigenvalue weighted by molar-refractivity contribution is 0.324. The average molecular weight is 422 g/mol. The van der Waals surface area contributed by atoms with Gasteiger partial charge in [-0.3, -0.25) is 0 Å². The summed E-state index contributed by atoms with van der Waals surface area (Å²) in [4.78, 5) is 4.83. The van der Waals surface area contributed by atoms with Crippen LogP contribution >= 0.6 is 27.5 Å². The van der Waals surface area contributed by atoms with Gasteiger partial charge in [0.2, 0.25) is 0 Å². The normalized spacial score (nSPS) is 15.4. The molecule has 0 aromatic heterocycles. The fraction of sp³-hybridized carbons (Fsp3) is 0.300. The molecule has 1 aliphatic rings. The number of benzene rings is 2. The van der Waals surface area contributed by atoms with E-state index in [-0.39, 0.29) is 0 Å². The molecule has 1 fully saturated rings. The Hall–Kier alpha value is -1.65. The van der Waals surface area contributed by atoms with Crippen LogP contribution in [-0.2, 0) is 0 Å². The molecule has 2 aromatic carbocycles. The summed E-state index contributed by atoms with van der Waals surface area (Å²) < 4.78 is 6.39. The van der Waals surface area contributed by atoms with Gasteiger partial charge in [0.05, 0.1) is 11.6 Å². The van der Waals surface area contributed by atoms with Crippen LogP contribution in [0.15, 0.2) is 52.6 Å². The predicted octanol–water partition coefficient (Wildman–Crippen LogP) is 5.29. The number of methoxy groups -OCH3 is 1. The Morgan fingerprint density at radius 2 is 1.88 bits per heavy atom. The van der Waals surface area contributed by atoms with Crippen LogP contribution in [0.5, 0.6) is 5.75 Å². The van der Waals surface area contributed by atoms with Crippen molar-refractivity contribution in [1.29, 1.82) is 0 Å². The number of halogens is 2. The van der Waals surface area contributed by atoms with Gasteiger partial charge >= 0.3 is 0 Å². The van der Waals surface area contributed by atoms with Crippen molar-refractivity contribution in [2.75, 3.05) is 38.2 Å². The molecule has 1 saturated heterocycles. The van der Waals surface area contributed by atoms with E-state index in [2.05, 4.69) is 56.9 Å². The quantitative estimate of drug-likeness (QED) is 0.667. The third-order valence-corrected chi connectivity index (χ3v) is 5.39. The molecule has 2 aromatic rings. The van der Waals surface area contributed by atoms with Crippen LogP contribution < -0.4 is 9.64 Å². The third-order valence-electron chi connectivity index (χ3n) is 4.50. The van der Waals surface area contributed by atoms with Gasteiger partial charge in [0.15, 0.2) is 0 Å². The van der Waals surface area contributed by atoms with Gasteiger partial charge in [-0.15, -0.1) is 0 Å². The molecule has 0 N–H and O–H groups in total. The van der Waals surface area contributed by atoms with E-state index < -0.39 is 0 Å². The number of ether oxygens (including phenoxy) is 1. The van der Waals surface area contributed by atoms with Gasteiger partial charge in [-0.05, 0) is 58.8 Å². The van der Waals surface area contributed by atoms with E-state index >= 15 is 0 Å². The minimum absolute atomic E-state index is 0.774. The van der Waals surface area contributed by atoms with Gasteiger partial charge in [0.1, 0.15) is 5.75 Å². The lowest BCUT2D eigenvalue weighted by Crippen LogP contribution is -2.45. The highest BCUT2D eigenvalue weighted by Crippen LogP contribution is 2.30. The monoisotopic (exact) mass is 420 g/mol. The molecular weight excluding hydrogens is 400 g/mol. The first kappa shape index (κ1) is 18.2. The summed E-state index contributed by atoms with van der Waals surface area (Å²) in [6.45, 7) is 6.15. The van der Waals surface area contributed by atoms with Crippen LogP contribution in [-0.4, -0.2) is 38.2 Å². The highest BCUT2D eigenvalue weighted by Gasteiger charge is 2.18. The van der Waals surface area contributed by atoms with Crippen molar-refractivity contribution >= 4 is 39.3 Å². The molecule has 3 rings (SSSR count). The lowest BCUT2D eigenvalue weighted by atomic mass is 10.1. The number of hydrogen-bond acceptors (Lipinski definition) is 3. The van der Waals surface area contributed by atoms with Crippen LogP contribution in [0.25, 0.3) is 6.08 Å². The Balaban J connectivity index is 1.65. The SMILES string of the molecule is COc1cc(N2CCN(C(C)=Cc3cccc(Cl)c3)CC2)ccc1Br. The fourth-order valence-electron chi connectivity index (χ4n) is 3.09. The van der Waals surface area contributed by atoms with Crippen molar-refractivity contribution in [3.05, 3.63) is 63.2 Å². The summed E-state index contributed by atoms with van der Waals surface area (Å²) in [5.74, 6) is 0.872. The molecule has 0 radical (unpaired) electrons. The maximum absolute atomic E-state index is 6.07. The summed E-state index contributed by atoms with van der Waals surface area (Å²) >= 11 is 9.58. The van der Waals surface area contributed by atoms with E-state index in [9.17, 15) is 0 Å². The van der Waals surface area contributed by atoms with Crippen molar-refractivity contribution in [1.82, 2.24) is 4.90 Å². The van der Waals surface area contributed by atoms with Gasteiger partial charge < -0.3 is 14.5 Å². The number of hydrogen-bond donors (Lipinski definition) is 0. The Labute approximate surface area is 163 Å². The van der Waals surface area contributed by atoms with Gasteiger partial charge in [-0.25, -0.2) is 0 Å². The molecule has 0 amide bonds. The Morgan fingerprint density at radius 1 is 1.12 bits per heavy atom. The summed E-state index contributed by atoms with van der Waals surface area (Å²) in [6, 6.07) is 14.2. The zero-order chi connectivity index (χ0) is 17.8. The zero-order valence-electron chi connectivity index (χ0n) is 14.5. The highest BCUT2D eigenvalue weighted by molar-refractivity contribution is 9.10. The minimum atomic E-state index is 0.774. The van der Waals surface area contributed by atoms with Gasteiger partial charge in [0.25, 0.3) is 0 Å². The van der Waals surface area contributed by atoms with Crippen LogP contribution in [0.4, 0.5) is 5.69 Å². The van der Waals surface area contributed by atoms with Gasteiger partial charge in [-0.1, -0.05) is 23.7 Å². The molecule has 1 heterocycles. The van der Waals surface area contributed by atoms with Crippen LogP contribution in [0.3, 0.4) is 0 Å². The topological polar surface area (TPSA) is 15.7 Å². The first-order valence-corrected chi connectivity index (χ1v) is 9.51. The van der Waals surface area contributed by atoms with E-state index in [0.29, 0.717) is 0 Å². The molecule has 0 saturated carbocycles. The molecule has 0 aliphatic carbocycles. The Morgan fingerprint density at radius 3 is 2.56 bits per heavy atom. The largest absolute Gasteiger partial charge is 0.495 e. The van der Waals surface area contributed by atoms with Crippen LogP contribution in [0.1, 0.15) is 12.5 Å².